The van der Waals surface area contributed by atoms with Gasteiger partial charge in [0, 0.05) is 5.56 Å². The fourth-order valence-corrected chi connectivity index (χ4v) is 1.32. The van der Waals surface area contributed by atoms with Crippen molar-refractivity contribution in [1.29, 1.82) is 0 Å². The van der Waals surface area contributed by atoms with Gasteiger partial charge < -0.3 is 5.73 Å². The topological polar surface area (TPSA) is 86.2 Å². The highest BCUT2D eigenvalue weighted by Gasteiger charge is 2.26. The highest BCUT2D eigenvalue weighted by Crippen LogP contribution is 2.28. The SMILES string of the molecule is Cc1cc(F)c(C(N)=O)c([N+](=O)[O-])c1C. The van der Waals surface area contributed by atoms with Gasteiger partial charge in [-0.3, -0.25) is 14.9 Å². The molecule has 6 heteroatoms. The Balaban J connectivity index is 3.69. The second-order valence-corrected chi connectivity index (χ2v) is 3.15. The molecule has 80 valence electrons. The lowest BCUT2D eigenvalue weighted by Gasteiger charge is -2.06. The molecule has 0 aliphatic heterocycles. The predicted molar refractivity (Wildman–Crippen MR) is 51.0 cm³/mol. The first-order chi connectivity index (χ1) is 6.86. The van der Waals surface area contributed by atoms with Crippen molar-refractivity contribution in [3.63, 3.8) is 0 Å². The smallest absolute Gasteiger partial charge is 0.288 e. The third-order valence-corrected chi connectivity index (χ3v) is 2.19. The van der Waals surface area contributed by atoms with Crippen LogP contribution in [0.4, 0.5) is 10.1 Å². The van der Waals surface area contributed by atoms with Gasteiger partial charge in [-0.25, -0.2) is 4.39 Å². The number of nitrogens with zero attached hydrogens (tertiary/aromatic N) is 1. The summed E-state index contributed by atoms with van der Waals surface area (Å²) in [4.78, 5) is 20.8. The molecule has 0 spiro atoms. The summed E-state index contributed by atoms with van der Waals surface area (Å²) in [5.41, 5.74) is 4.32. The predicted octanol–water partition coefficient (Wildman–Crippen LogP) is 1.45. The van der Waals surface area contributed by atoms with E-state index < -0.39 is 27.9 Å². The number of carbonyl (C=O) groups is 1. The number of nitro benzene ring substituents is 1. The molecule has 0 aliphatic carbocycles. The molecule has 1 aromatic rings. The van der Waals surface area contributed by atoms with Crippen molar-refractivity contribution in [2.75, 3.05) is 0 Å². The van der Waals surface area contributed by atoms with Crippen LogP contribution < -0.4 is 5.73 Å². The molecule has 0 saturated carbocycles. The molecule has 2 N–H and O–H groups in total. The summed E-state index contributed by atoms with van der Waals surface area (Å²) in [6.07, 6.45) is 0. The number of nitro groups is 1. The van der Waals surface area contributed by atoms with Crippen LogP contribution in [0.3, 0.4) is 0 Å². The van der Waals surface area contributed by atoms with E-state index in [-0.39, 0.29) is 5.56 Å². The number of aryl methyl sites for hydroxylation is 1. The Hall–Kier alpha value is -1.98. The van der Waals surface area contributed by atoms with Crippen molar-refractivity contribution in [2.45, 2.75) is 13.8 Å². The average Bonchev–Trinajstić information content (AvgIpc) is 2.09. The van der Waals surface area contributed by atoms with E-state index >= 15 is 0 Å². The first-order valence-electron chi connectivity index (χ1n) is 4.10. The summed E-state index contributed by atoms with van der Waals surface area (Å²) < 4.78 is 13.3. The molecule has 0 bridgehead atoms. The molecule has 0 aromatic heterocycles. The zero-order chi connectivity index (χ0) is 11.7. The van der Waals surface area contributed by atoms with Crippen molar-refractivity contribution in [2.24, 2.45) is 5.73 Å². The Morgan fingerprint density at radius 3 is 2.47 bits per heavy atom. The molecular formula is C9H9FN2O3. The first-order valence-corrected chi connectivity index (χ1v) is 4.10. The van der Waals surface area contributed by atoms with Gasteiger partial charge in [-0.1, -0.05) is 0 Å². The Bertz CT molecular complexity index is 457. The van der Waals surface area contributed by atoms with Gasteiger partial charge in [-0.2, -0.15) is 0 Å². The maximum atomic E-state index is 13.3. The van der Waals surface area contributed by atoms with Crippen LogP contribution in [0.2, 0.25) is 0 Å². The summed E-state index contributed by atoms with van der Waals surface area (Å²) in [7, 11) is 0. The van der Waals surface area contributed by atoms with Gasteiger partial charge in [-0.05, 0) is 25.5 Å². The Morgan fingerprint density at radius 1 is 1.53 bits per heavy atom. The van der Waals surface area contributed by atoms with Crippen molar-refractivity contribution in [1.82, 2.24) is 0 Å². The fourth-order valence-electron chi connectivity index (χ4n) is 1.32. The molecule has 0 saturated heterocycles. The number of rotatable bonds is 2. The number of hydrogen-bond donors (Lipinski definition) is 1. The van der Waals surface area contributed by atoms with Crippen LogP contribution in [-0.4, -0.2) is 10.8 Å². The van der Waals surface area contributed by atoms with Crippen molar-refractivity contribution in [3.8, 4) is 0 Å². The molecule has 0 fully saturated rings. The number of carbonyl (C=O) groups excluding carboxylic acids is 1. The maximum Gasteiger partial charge on any atom is 0.288 e. The summed E-state index contributed by atoms with van der Waals surface area (Å²) in [5, 5.41) is 10.7. The molecule has 0 radical (unpaired) electrons. The van der Waals surface area contributed by atoms with Gasteiger partial charge >= 0.3 is 0 Å². The van der Waals surface area contributed by atoms with Crippen molar-refractivity contribution < 1.29 is 14.1 Å². The molecule has 1 amide bonds. The van der Waals surface area contributed by atoms with E-state index in [2.05, 4.69) is 0 Å². The lowest BCUT2D eigenvalue weighted by Crippen LogP contribution is -2.17. The van der Waals surface area contributed by atoms with Crippen molar-refractivity contribution in [3.05, 3.63) is 38.7 Å². The molecule has 0 unspecified atom stereocenters. The van der Waals surface area contributed by atoms with Gasteiger partial charge in [0.15, 0.2) is 5.56 Å². The van der Waals surface area contributed by atoms with Crippen LogP contribution in [0.1, 0.15) is 21.5 Å². The largest absolute Gasteiger partial charge is 0.365 e. The molecule has 0 atom stereocenters. The number of hydrogen-bond acceptors (Lipinski definition) is 3. The van der Waals surface area contributed by atoms with Gasteiger partial charge in [0.05, 0.1) is 4.92 Å². The number of nitrogens with two attached hydrogens (primary N) is 1. The van der Waals surface area contributed by atoms with Crippen LogP contribution in [0.25, 0.3) is 0 Å². The fraction of sp³-hybridized carbons (Fsp3) is 0.222. The van der Waals surface area contributed by atoms with Crippen LogP contribution in [0.15, 0.2) is 6.07 Å². The Labute approximate surface area is 84.8 Å². The molecule has 1 rings (SSSR count). The van der Waals surface area contributed by atoms with Crippen LogP contribution in [-0.2, 0) is 0 Å². The zero-order valence-corrected chi connectivity index (χ0v) is 8.20. The molecule has 1 aromatic carbocycles. The van der Waals surface area contributed by atoms with E-state index in [1.54, 1.807) is 0 Å². The van der Waals surface area contributed by atoms with Crippen molar-refractivity contribution >= 4 is 11.6 Å². The van der Waals surface area contributed by atoms with E-state index in [1.807, 2.05) is 0 Å². The number of benzene rings is 1. The first kappa shape index (κ1) is 11.1. The maximum absolute atomic E-state index is 13.3. The van der Waals surface area contributed by atoms with E-state index in [0.717, 1.165) is 6.07 Å². The lowest BCUT2D eigenvalue weighted by molar-refractivity contribution is -0.385. The lowest BCUT2D eigenvalue weighted by atomic mass is 10.0. The van der Waals surface area contributed by atoms with Gasteiger partial charge in [-0.15, -0.1) is 0 Å². The van der Waals surface area contributed by atoms with E-state index in [9.17, 15) is 19.3 Å². The Morgan fingerprint density at radius 2 is 2.07 bits per heavy atom. The van der Waals surface area contributed by atoms with Gasteiger partial charge in [0.1, 0.15) is 5.82 Å². The number of halogens is 1. The van der Waals surface area contributed by atoms with E-state index in [4.69, 9.17) is 5.73 Å². The quantitative estimate of drug-likeness (QED) is 0.594. The molecule has 15 heavy (non-hydrogen) atoms. The normalized spacial score (nSPS) is 10.1. The van der Waals surface area contributed by atoms with E-state index in [1.165, 1.54) is 13.8 Å². The van der Waals surface area contributed by atoms with Gasteiger partial charge in [0.2, 0.25) is 0 Å². The standard InChI is InChI=1S/C9H9FN2O3/c1-4-3-6(10)7(9(11)13)8(5(4)2)12(14)15/h3H,1-2H3,(H2,11,13). The van der Waals surface area contributed by atoms with Crippen LogP contribution >= 0.6 is 0 Å². The minimum Gasteiger partial charge on any atom is -0.365 e. The molecule has 0 heterocycles. The minimum absolute atomic E-state index is 0.246. The average molecular weight is 212 g/mol. The zero-order valence-electron chi connectivity index (χ0n) is 8.20. The molecule has 0 aliphatic rings. The minimum atomic E-state index is -1.14. The van der Waals surface area contributed by atoms with Crippen LogP contribution in [0.5, 0.6) is 0 Å². The third-order valence-electron chi connectivity index (χ3n) is 2.19. The summed E-state index contributed by atoms with van der Waals surface area (Å²) in [6, 6.07) is 1.06. The van der Waals surface area contributed by atoms with E-state index in [0.29, 0.717) is 5.56 Å². The van der Waals surface area contributed by atoms with Gasteiger partial charge in [0.25, 0.3) is 11.6 Å². The summed E-state index contributed by atoms with van der Waals surface area (Å²) >= 11 is 0. The second kappa shape index (κ2) is 3.64. The summed E-state index contributed by atoms with van der Waals surface area (Å²) in [6.45, 7) is 2.97. The van der Waals surface area contributed by atoms with Crippen LogP contribution in [0, 0.1) is 29.8 Å². The molecule has 5 nitrogen and oxygen atoms in total. The second-order valence-electron chi connectivity index (χ2n) is 3.15. The highest BCUT2D eigenvalue weighted by atomic mass is 19.1. The Kier molecular flexibility index (Phi) is 2.69. The highest BCUT2D eigenvalue weighted by molar-refractivity contribution is 5.98. The summed E-state index contributed by atoms with van der Waals surface area (Å²) in [5.74, 6) is -2.10. The monoisotopic (exact) mass is 212 g/mol. The number of primary amides is 1. The molecular weight excluding hydrogens is 203 g/mol. The number of amides is 1. The third kappa shape index (κ3) is 1.78.